The van der Waals surface area contributed by atoms with Crippen molar-refractivity contribution in [3.05, 3.63) is 30.1 Å². The highest BCUT2D eigenvalue weighted by atomic mass is 16.5. The third-order valence-corrected chi connectivity index (χ3v) is 2.63. The van der Waals surface area contributed by atoms with E-state index in [0.29, 0.717) is 6.54 Å². The van der Waals surface area contributed by atoms with Crippen molar-refractivity contribution in [1.29, 1.82) is 0 Å². The number of nitrogens with zero attached hydrogens (tertiary/aromatic N) is 2. The maximum Gasteiger partial charge on any atom is 0.0918 e. The third-order valence-electron chi connectivity index (χ3n) is 2.63. The largest absolute Gasteiger partial charge is 0.387 e. The number of ether oxygens (including phenoxy) is 1. The van der Waals surface area contributed by atoms with Gasteiger partial charge in [-0.15, -0.1) is 0 Å². The van der Waals surface area contributed by atoms with Crippen LogP contribution in [0.4, 0.5) is 0 Å². The zero-order valence-corrected chi connectivity index (χ0v) is 8.67. The minimum Gasteiger partial charge on any atom is -0.387 e. The Bertz CT molecular complexity index is 286. The van der Waals surface area contributed by atoms with Gasteiger partial charge in [-0.3, -0.25) is 9.88 Å². The first-order chi connectivity index (χ1) is 7.36. The van der Waals surface area contributed by atoms with Crippen molar-refractivity contribution < 1.29 is 9.84 Å². The SMILES string of the molecule is OC(CN1CCOCC1)c1ccncc1. The summed E-state index contributed by atoms with van der Waals surface area (Å²) in [6.45, 7) is 4.02. The highest BCUT2D eigenvalue weighted by molar-refractivity contribution is 5.13. The second-order valence-electron chi connectivity index (χ2n) is 3.71. The number of morpholine rings is 1. The molecular formula is C11H16N2O2. The number of aliphatic hydroxyl groups excluding tert-OH is 1. The summed E-state index contributed by atoms with van der Waals surface area (Å²) >= 11 is 0. The first-order valence-corrected chi connectivity index (χ1v) is 5.24. The molecule has 1 fully saturated rings. The maximum atomic E-state index is 9.96. The minimum absolute atomic E-state index is 0.425. The van der Waals surface area contributed by atoms with E-state index in [0.717, 1.165) is 31.9 Å². The summed E-state index contributed by atoms with van der Waals surface area (Å²) in [5, 5.41) is 9.96. The molecule has 15 heavy (non-hydrogen) atoms. The second kappa shape index (κ2) is 5.21. The van der Waals surface area contributed by atoms with Crippen LogP contribution in [0, 0.1) is 0 Å². The molecule has 1 aliphatic rings. The average Bonchev–Trinajstić information content (AvgIpc) is 2.31. The smallest absolute Gasteiger partial charge is 0.0918 e. The molecule has 0 aliphatic carbocycles. The molecule has 4 heteroatoms. The van der Waals surface area contributed by atoms with Gasteiger partial charge in [0.1, 0.15) is 0 Å². The van der Waals surface area contributed by atoms with Crippen LogP contribution in [-0.2, 0) is 4.74 Å². The standard InChI is InChI=1S/C11H16N2O2/c14-11(10-1-3-12-4-2-10)9-13-5-7-15-8-6-13/h1-4,11,14H,5-9H2. The van der Waals surface area contributed by atoms with Gasteiger partial charge in [-0.25, -0.2) is 0 Å². The van der Waals surface area contributed by atoms with Gasteiger partial charge in [-0.2, -0.15) is 0 Å². The van der Waals surface area contributed by atoms with Crippen LogP contribution in [-0.4, -0.2) is 47.8 Å². The lowest BCUT2D eigenvalue weighted by Gasteiger charge is -2.28. The minimum atomic E-state index is -0.425. The maximum absolute atomic E-state index is 9.96. The lowest BCUT2D eigenvalue weighted by Crippen LogP contribution is -2.38. The second-order valence-corrected chi connectivity index (χ2v) is 3.71. The Hall–Kier alpha value is -0.970. The molecule has 0 spiro atoms. The van der Waals surface area contributed by atoms with Gasteiger partial charge in [-0.05, 0) is 17.7 Å². The number of hydrogen-bond acceptors (Lipinski definition) is 4. The van der Waals surface area contributed by atoms with E-state index in [1.165, 1.54) is 0 Å². The number of pyridine rings is 1. The highest BCUT2D eigenvalue weighted by Crippen LogP contribution is 2.13. The number of β-amino-alcohol motifs (C(OH)–C–C–N with tert-alkyl or cyclic N) is 1. The number of rotatable bonds is 3. The molecular weight excluding hydrogens is 192 g/mol. The molecule has 1 aliphatic heterocycles. The van der Waals surface area contributed by atoms with Gasteiger partial charge in [0.15, 0.2) is 0 Å². The molecule has 0 amide bonds. The Morgan fingerprint density at radius 2 is 2.00 bits per heavy atom. The van der Waals surface area contributed by atoms with Gasteiger partial charge < -0.3 is 9.84 Å². The summed E-state index contributed by atoms with van der Waals surface area (Å²) in [6, 6.07) is 3.70. The third kappa shape index (κ3) is 2.99. The fourth-order valence-corrected chi connectivity index (χ4v) is 1.72. The highest BCUT2D eigenvalue weighted by Gasteiger charge is 2.15. The molecule has 0 radical (unpaired) electrons. The van der Waals surface area contributed by atoms with Crippen LogP contribution in [0.3, 0.4) is 0 Å². The molecule has 1 N–H and O–H groups in total. The quantitative estimate of drug-likeness (QED) is 0.783. The predicted octanol–water partition coefficient (Wildman–Crippen LogP) is 0.447. The van der Waals surface area contributed by atoms with Crippen LogP contribution >= 0.6 is 0 Å². The van der Waals surface area contributed by atoms with Crippen molar-refractivity contribution in [1.82, 2.24) is 9.88 Å². The number of aromatic nitrogens is 1. The van der Waals surface area contributed by atoms with E-state index in [-0.39, 0.29) is 0 Å². The molecule has 1 unspecified atom stereocenters. The van der Waals surface area contributed by atoms with Crippen molar-refractivity contribution in [3.63, 3.8) is 0 Å². The first kappa shape index (κ1) is 10.5. The normalized spacial score (nSPS) is 20.1. The van der Waals surface area contributed by atoms with Crippen LogP contribution in [0.15, 0.2) is 24.5 Å². The Balaban J connectivity index is 1.88. The van der Waals surface area contributed by atoms with E-state index in [2.05, 4.69) is 9.88 Å². The molecule has 1 saturated heterocycles. The van der Waals surface area contributed by atoms with E-state index in [1.807, 2.05) is 12.1 Å². The molecule has 2 rings (SSSR count). The molecule has 2 heterocycles. The molecule has 82 valence electrons. The predicted molar refractivity (Wildman–Crippen MR) is 56.5 cm³/mol. The van der Waals surface area contributed by atoms with Crippen LogP contribution in [0.2, 0.25) is 0 Å². The van der Waals surface area contributed by atoms with Gasteiger partial charge >= 0.3 is 0 Å². The van der Waals surface area contributed by atoms with E-state index in [1.54, 1.807) is 12.4 Å². The number of aliphatic hydroxyl groups is 1. The Morgan fingerprint density at radius 3 is 2.67 bits per heavy atom. The zero-order valence-electron chi connectivity index (χ0n) is 8.67. The molecule has 0 bridgehead atoms. The lowest BCUT2D eigenvalue weighted by molar-refractivity contribution is 0.0143. The summed E-state index contributed by atoms with van der Waals surface area (Å²) in [6.07, 6.45) is 2.99. The van der Waals surface area contributed by atoms with Gasteiger partial charge in [0.2, 0.25) is 0 Å². The Kier molecular flexibility index (Phi) is 3.66. The number of hydrogen-bond donors (Lipinski definition) is 1. The summed E-state index contributed by atoms with van der Waals surface area (Å²) in [5.74, 6) is 0. The van der Waals surface area contributed by atoms with Crippen molar-refractivity contribution in [2.24, 2.45) is 0 Å². The van der Waals surface area contributed by atoms with Crippen LogP contribution in [0.25, 0.3) is 0 Å². The van der Waals surface area contributed by atoms with E-state index >= 15 is 0 Å². The van der Waals surface area contributed by atoms with Gasteiger partial charge in [0, 0.05) is 32.0 Å². The summed E-state index contributed by atoms with van der Waals surface area (Å²) in [4.78, 5) is 6.15. The molecule has 0 aromatic carbocycles. The fraction of sp³-hybridized carbons (Fsp3) is 0.545. The average molecular weight is 208 g/mol. The summed E-state index contributed by atoms with van der Waals surface area (Å²) < 4.78 is 5.25. The first-order valence-electron chi connectivity index (χ1n) is 5.24. The summed E-state index contributed by atoms with van der Waals surface area (Å²) in [5.41, 5.74) is 0.927. The van der Waals surface area contributed by atoms with Crippen LogP contribution in [0.1, 0.15) is 11.7 Å². The van der Waals surface area contributed by atoms with Gasteiger partial charge in [0.05, 0.1) is 19.3 Å². The lowest BCUT2D eigenvalue weighted by atomic mass is 10.1. The van der Waals surface area contributed by atoms with Crippen molar-refractivity contribution in [2.75, 3.05) is 32.8 Å². The van der Waals surface area contributed by atoms with E-state index < -0.39 is 6.10 Å². The van der Waals surface area contributed by atoms with E-state index in [9.17, 15) is 5.11 Å². The summed E-state index contributed by atoms with van der Waals surface area (Å²) in [7, 11) is 0. The Labute approximate surface area is 89.5 Å². The topological polar surface area (TPSA) is 45.6 Å². The van der Waals surface area contributed by atoms with Gasteiger partial charge in [0.25, 0.3) is 0 Å². The van der Waals surface area contributed by atoms with E-state index in [4.69, 9.17) is 4.74 Å². The molecule has 1 atom stereocenters. The molecule has 1 aromatic heterocycles. The molecule has 0 saturated carbocycles. The zero-order chi connectivity index (χ0) is 10.5. The monoisotopic (exact) mass is 208 g/mol. The van der Waals surface area contributed by atoms with Crippen LogP contribution < -0.4 is 0 Å². The molecule has 1 aromatic rings. The van der Waals surface area contributed by atoms with Crippen LogP contribution in [0.5, 0.6) is 0 Å². The fourth-order valence-electron chi connectivity index (χ4n) is 1.72. The van der Waals surface area contributed by atoms with Gasteiger partial charge in [-0.1, -0.05) is 0 Å². The Morgan fingerprint density at radius 1 is 1.33 bits per heavy atom. The van der Waals surface area contributed by atoms with Crippen molar-refractivity contribution >= 4 is 0 Å². The van der Waals surface area contributed by atoms with Crippen molar-refractivity contribution in [3.8, 4) is 0 Å². The molecule has 4 nitrogen and oxygen atoms in total. The van der Waals surface area contributed by atoms with Crippen molar-refractivity contribution in [2.45, 2.75) is 6.10 Å².